The highest BCUT2D eigenvalue weighted by atomic mass is 127. The first-order valence-corrected chi connectivity index (χ1v) is 11.1. The van der Waals surface area contributed by atoms with Gasteiger partial charge in [-0.15, -0.1) is 34.2 Å². The third-order valence-corrected chi connectivity index (χ3v) is 5.95. The van der Waals surface area contributed by atoms with Crippen LogP contribution < -0.4 is 15.4 Å². The Balaban J connectivity index is 0.00000272. The monoisotopic (exact) mass is 539 g/mol. The average Bonchev–Trinajstić information content (AvgIpc) is 3.52. The molecule has 1 unspecified atom stereocenters. The van der Waals surface area contributed by atoms with Crippen molar-refractivity contribution in [3.63, 3.8) is 0 Å². The minimum absolute atomic E-state index is 0. The number of halogens is 1. The van der Waals surface area contributed by atoms with Gasteiger partial charge in [-0.2, -0.15) is 0 Å². The molecule has 0 amide bonds. The van der Waals surface area contributed by atoms with Crippen LogP contribution in [0.25, 0.3) is 0 Å². The van der Waals surface area contributed by atoms with Gasteiger partial charge in [0.15, 0.2) is 11.8 Å². The number of hydrogen-bond donors (Lipinski definition) is 2. The van der Waals surface area contributed by atoms with Crippen LogP contribution in [0.2, 0.25) is 0 Å². The molecular weight excluding hydrogens is 505 g/mol. The molecule has 2 aliphatic rings. The molecule has 2 N–H and O–H groups in total. The van der Waals surface area contributed by atoms with Crippen LogP contribution >= 0.6 is 24.0 Å². The van der Waals surface area contributed by atoms with Gasteiger partial charge in [0.05, 0.1) is 13.2 Å². The normalized spacial score (nSPS) is 17.2. The van der Waals surface area contributed by atoms with Gasteiger partial charge in [-0.05, 0) is 45.3 Å². The summed E-state index contributed by atoms with van der Waals surface area (Å²) < 4.78 is 7.86. The van der Waals surface area contributed by atoms with Crippen molar-refractivity contribution >= 4 is 29.9 Å². The molecule has 0 spiro atoms. The first kappa shape index (κ1) is 23.8. The molecule has 1 saturated heterocycles. The number of aromatic nitrogens is 3. The van der Waals surface area contributed by atoms with E-state index in [-0.39, 0.29) is 30.0 Å². The molecule has 4 rings (SSSR count). The van der Waals surface area contributed by atoms with Crippen molar-refractivity contribution in [2.24, 2.45) is 4.99 Å². The summed E-state index contributed by atoms with van der Waals surface area (Å²) >= 11 is 0. The lowest BCUT2D eigenvalue weighted by atomic mass is 10.0. The largest absolute Gasteiger partial charge is 0.496 e. The van der Waals surface area contributed by atoms with E-state index in [4.69, 9.17) is 9.73 Å². The maximum absolute atomic E-state index is 5.66. The molecule has 8 nitrogen and oxygen atoms in total. The van der Waals surface area contributed by atoms with Crippen LogP contribution in [0, 0.1) is 0 Å². The second-order valence-electron chi connectivity index (χ2n) is 7.86. The summed E-state index contributed by atoms with van der Waals surface area (Å²) in [6.45, 7) is 7.43. The van der Waals surface area contributed by atoms with Crippen LogP contribution in [-0.4, -0.2) is 58.9 Å². The Kier molecular flexibility index (Phi) is 8.94. The van der Waals surface area contributed by atoms with Crippen LogP contribution in [0.5, 0.6) is 5.75 Å². The molecule has 170 valence electrons. The molecule has 1 atom stereocenters. The van der Waals surface area contributed by atoms with Gasteiger partial charge in [0.2, 0.25) is 0 Å². The van der Waals surface area contributed by atoms with E-state index in [9.17, 15) is 0 Å². The van der Waals surface area contributed by atoms with Gasteiger partial charge in [-0.3, -0.25) is 4.90 Å². The number of nitrogens with one attached hydrogen (secondary N) is 2. The summed E-state index contributed by atoms with van der Waals surface area (Å²) in [6, 6.07) is 8.58. The zero-order valence-corrected chi connectivity index (χ0v) is 20.8. The molecule has 2 aromatic rings. The van der Waals surface area contributed by atoms with E-state index < -0.39 is 0 Å². The van der Waals surface area contributed by atoms with Crippen LogP contribution in [0.3, 0.4) is 0 Å². The molecular formula is C22H34IN7O. The van der Waals surface area contributed by atoms with E-state index >= 15 is 0 Å². The fraction of sp³-hybridized carbons (Fsp3) is 0.591. The van der Waals surface area contributed by atoms with Crippen molar-refractivity contribution < 1.29 is 4.74 Å². The number of likely N-dealkylation sites (tertiary alicyclic amines) is 1. The maximum Gasteiger partial charge on any atom is 0.191 e. The van der Waals surface area contributed by atoms with Gasteiger partial charge in [0, 0.05) is 31.6 Å². The molecule has 31 heavy (non-hydrogen) atoms. The van der Waals surface area contributed by atoms with E-state index in [1.54, 1.807) is 7.11 Å². The molecule has 1 fully saturated rings. The number of aryl methyl sites for hydroxylation is 1. The number of fused-ring (bicyclic) bond motifs is 1. The molecule has 9 heteroatoms. The van der Waals surface area contributed by atoms with Crippen molar-refractivity contribution in [1.29, 1.82) is 0 Å². The van der Waals surface area contributed by atoms with Crippen molar-refractivity contribution in [3.05, 3.63) is 41.5 Å². The lowest BCUT2D eigenvalue weighted by Gasteiger charge is -2.30. The quantitative estimate of drug-likeness (QED) is 0.305. The van der Waals surface area contributed by atoms with Gasteiger partial charge in [0.1, 0.15) is 18.1 Å². The predicted molar refractivity (Wildman–Crippen MR) is 133 cm³/mol. The standard InChI is InChI=1S/C22H33N7O.HI/c1-3-23-22(25-16-21-27-26-20-11-8-14-29(20)21)24-15-18(28-12-6-7-13-28)17-9-4-5-10-19(17)30-2;/h4-5,9-10,18H,3,6-8,11-16H2,1-2H3,(H2,23,24,25);1H. The number of rotatable bonds is 8. The third-order valence-electron chi connectivity index (χ3n) is 5.95. The number of aliphatic imine (C=N–C) groups is 1. The van der Waals surface area contributed by atoms with E-state index in [0.29, 0.717) is 6.54 Å². The highest BCUT2D eigenvalue weighted by molar-refractivity contribution is 14.0. The molecule has 0 saturated carbocycles. The van der Waals surface area contributed by atoms with Crippen LogP contribution in [-0.2, 0) is 19.5 Å². The number of guanidine groups is 1. The van der Waals surface area contributed by atoms with Crippen molar-refractivity contribution in [2.75, 3.05) is 33.3 Å². The Morgan fingerprint density at radius 2 is 1.94 bits per heavy atom. The van der Waals surface area contributed by atoms with E-state index in [2.05, 4.69) is 49.4 Å². The third kappa shape index (κ3) is 5.68. The van der Waals surface area contributed by atoms with Crippen LogP contribution in [0.15, 0.2) is 29.3 Å². The Hall–Kier alpha value is -1.88. The number of nitrogens with zero attached hydrogens (tertiary/aromatic N) is 5. The van der Waals surface area contributed by atoms with Gasteiger partial charge in [-0.25, -0.2) is 4.99 Å². The van der Waals surface area contributed by atoms with Gasteiger partial charge >= 0.3 is 0 Å². The first-order valence-electron chi connectivity index (χ1n) is 11.1. The number of methoxy groups -OCH3 is 1. The lowest BCUT2D eigenvalue weighted by molar-refractivity contribution is 0.239. The van der Waals surface area contributed by atoms with Gasteiger partial charge in [0.25, 0.3) is 0 Å². The molecule has 2 aliphatic heterocycles. The first-order chi connectivity index (χ1) is 14.8. The second kappa shape index (κ2) is 11.7. The van der Waals surface area contributed by atoms with Crippen molar-refractivity contribution in [2.45, 2.75) is 51.7 Å². The minimum atomic E-state index is 0. The zero-order chi connectivity index (χ0) is 20.8. The number of hydrogen-bond acceptors (Lipinski definition) is 5. The number of benzene rings is 1. The smallest absolute Gasteiger partial charge is 0.191 e. The summed E-state index contributed by atoms with van der Waals surface area (Å²) in [6.07, 6.45) is 4.66. The van der Waals surface area contributed by atoms with E-state index in [1.165, 1.54) is 18.4 Å². The molecule has 1 aromatic carbocycles. The summed E-state index contributed by atoms with van der Waals surface area (Å²) in [5.41, 5.74) is 1.22. The number of ether oxygens (including phenoxy) is 1. The molecule has 0 radical (unpaired) electrons. The fourth-order valence-corrected chi connectivity index (χ4v) is 4.44. The molecule has 1 aromatic heterocycles. The predicted octanol–water partition coefficient (Wildman–Crippen LogP) is 2.74. The Morgan fingerprint density at radius 3 is 2.71 bits per heavy atom. The topological polar surface area (TPSA) is 79.6 Å². The van der Waals surface area contributed by atoms with Crippen LogP contribution in [0.1, 0.15) is 49.4 Å². The van der Waals surface area contributed by atoms with E-state index in [1.807, 2.05) is 12.1 Å². The lowest BCUT2D eigenvalue weighted by Crippen LogP contribution is -2.42. The SMILES string of the molecule is CCNC(=NCc1nnc2n1CCC2)NCC(c1ccccc1OC)N1CCCC1.I. The Labute approximate surface area is 201 Å². The Morgan fingerprint density at radius 1 is 1.13 bits per heavy atom. The Bertz CT molecular complexity index is 863. The summed E-state index contributed by atoms with van der Waals surface area (Å²) in [5, 5.41) is 15.5. The summed E-state index contributed by atoms with van der Waals surface area (Å²) in [5.74, 6) is 3.79. The fourth-order valence-electron chi connectivity index (χ4n) is 4.44. The van der Waals surface area contributed by atoms with Crippen molar-refractivity contribution in [1.82, 2.24) is 30.3 Å². The summed E-state index contributed by atoms with van der Waals surface area (Å²) in [4.78, 5) is 7.33. The zero-order valence-electron chi connectivity index (χ0n) is 18.5. The highest BCUT2D eigenvalue weighted by Gasteiger charge is 2.26. The van der Waals surface area contributed by atoms with Crippen LogP contribution in [0.4, 0.5) is 0 Å². The average molecular weight is 539 g/mol. The molecule has 3 heterocycles. The minimum Gasteiger partial charge on any atom is -0.496 e. The van der Waals surface area contributed by atoms with Gasteiger partial charge in [-0.1, -0.05) is 18.2 Å². The van der Waals surface area contributed by atoms with Crippen molar-refractivity contribution in [3.8, 4) is 5.75 Å². The maximum atomic E-state index is 5.66. The summed E-state index contributed by atoms with van der Waals surface area (Å²) in [7, 11) is 1.75. The second-order valence-corrected chi connectivity index (χ2v) is 7.86. The highest BCUT2D eigenvalue weighted by Crippen LogP contribution is 2.31. The molecule has 0 aliphatic carbocycles. The van der Waals surface area contributed by atoms with Gasteiger partial charge < -0.3 is 19.9 Å². The number of para-hydroxylation sites is 1. The molecule has 0 bridgehead atoms. The van der Waals surface area contributed by atoms with E-state index in [0.717, 1.165) is 68.9 Å².